The number of rotatable bonds is 87. The summed E-state index contributed by atoms with van der Waals surface area (Å²) in [5.41, 5.74) is 0. The normalized spacial score (nSPS) is 14.4. The fraction of sp³-hybridized carbons (Fsp3) is 0.956. The Morgan fingerprint density at radius 3 is 0.651 bits per heavy atom. The molecule has 0 amide bonds. The summed E-state index contributed by atoms with van der Waals surface area (Å²) in [5.74, 6) is 1.11. The first-order valence-corrected chi connectivity index (χ1v) is 49.3. The Bertz CT molecular complexity index is 2110. The van der Waals surface area contributed by atoms with Crippen LogP contribution in [0.1, 0.15) is 473 Å². The number of hydrogen-bond donors (Lipinski definition) is 3. The molecule has 0 saturated carbocycles. The number of carbonyl (C=O) groups is 4. The van der Waals surface area contributed by atoms with Crippen molar-refractivity contribution in [2.45, 2.75) is 491 Å². The number of esters is 4. The molecule has 0 aliphatic rings. The standard InChI is InChI=1S/C90H176O17P2/c1-9-82(7)68-60-52-44-38-32-26-20-13-11-12-14-22-28-34-40-46-56-64-72-89(94)106-85(76-100-87(92)70-62-54-45-39-33-27-21-16-15-18-24-30-36-42-50-58-66-80(3)4)78-104-108(96,97)102-74-84(91)75-103-109(98,99)105-79-86(77-101-88(93)71-63-55-49-48-53-61-69-83(8)10-2)107-90(95)73-65-57-47-41-35-29-23-17-19-25-31-37-43-51-59-67-81(5)6/h80-86,91H,9-79H2,1-8H3,(H,96,97)(H,98,99)/t82?,83?,84-,85-,86-/m1/s1. The predicted octanol–water partition coefficient (Wildman–Crippen LogP) is 27.5. The summed E-state index contributed by atoms with van der Waals surface area (Å²) in [6.45, 7) is 14.4. The second kappa shape index (κ2) is 78.6. The minimum Gasteiger partial charge on any atom is -0.462 e. The van der Waals surface area contributed by atoms with Crippen molar-refractivity contribution in [1.29, 1.82) is 0 Å². The molecule has 3 N–H and O–H groups in total. The van der Waals surface area contributed by atoms with E-state index in [9.17, 15) is 43.2 Å². The fourth-order valence-electron chi connectivity index (χ4n) is 14.0. The number of carbonyl (C=O) groups excluding carboxylic acids is 4. The monoisotopic (exact) mass is 1590 g/mol. The van der Waals surface area contributed by atoms with E-state index in [0.29, 0.717) is 25.7 Å². The predicted molar refractivity (Wildman–Crippen MR) is 451 cm³/mol. The molecule has 0 aliphatic carbocycles. The third-order valence-corrected chi connectivity index (χ3v) is 23.7. The zero-order valence-corrected chi connectivity index (χ0v) is 74.0. The van der Waals surface area contributed by atoms with E-state index in [0.717, 1.165) is 120 Å². The average molecular weight is 1590 g/mol. The van der Waals surface area contributed by atoms with Gasteiger partial charge in [0, 0.05) is 25.7 Å². The number of ether oxygens (including phenoxy) is 4. The lowest BCUT2D eigenvalue weighted by Gasteiger charge is -2.21. The van der Waals surface area contributed by atoms with Gasteiger partial charge in [0.15, 0.2) is 12.2 Å². The Morgan fingerprint density at radius 2 is 0.440 bits per heavy atom. The van der Waals surface area contributed by atoms with Crippen LogP contribution in [0.15, 0.2) is 0 Å². The van der Waals surface area contributed by atoms with Gasteiger partial charge in [-0.3, -0.25) is 37.3 Å². The molecule has 0 spiro atoms. The van der Waals surface area contributed by atoms with Crippen LogP contribution < -0.4 is 0 Å². The molecule has 4 unspecified atom stereocenters. The Kier molecular flexibility index (Phi) is 77.2. The van der Waals surface area contributed by atoms with Gasteiger partial charge in [-0.1, -0.05) is 421 Å². The van der Waals surface area contributed by atoms with Crippen LogP contribution in [0.2, 0.25) is 0 Å². The Labute approximate surface area is 670 Å². The van der Waals surface area contributed by atoms with Gasteiger partial charge >= 0.3 is 39.5 Å². The van der Waals surface area contributed by atoms with Crippen molar-refractivity contribution >= 4 is 39.5 Å². The van der Waals surface area contributed by atoms with E-state index in [-0.39, 0.29) is 25.7 Å². The van der Waals surface area contributed by atoms with Crippen LogP contribution >= 0.6 is 15.6 Å². The molecule has 0 radical (unpaired) electrons. The molecule has 0 bridgehead atoms. The SMILES string of the molecule is CCC(C)CCCCCCCCCCCCCCCCCCCCC(=O)O[C@H](COC(=O)CCCCCCCCCCCCCCCCCCC(C)C)COP(=O)(O)OC[C@@H](O)COP(=O)(O)OC[C@@H](COC(=O)CCCCCCCCC(C)CC)OC(=O)CCCCCCCCCCCCCCCCCC(C)C. The zero-order chi connectivity index (χ0) is 80.2. The minimum atomic E-state index is -4.97. The highest BCUT2D eigenvalue weighted by molar-refractivity contribution is 7.47. The van der Waals surface area contributed by atoms with E-state index in [4.69, 9.17) is 37.0 Å². The largest absolute Gasteiger partial charge is 0.472 e. The van der Waals surface area contributed by atoms with Crippen LogP contribution in [0.25, 0.3) is 0 Å². The van der Waals surface area contributed by atoms with Gasteiger partial charge in [-0.2, -0.15) is 0 Å². The van der Waals surface area contributed by atoms with Gasteiger partial charge in [0.1, 0.15) is 19.3 Å². The maximum absolute atomic E-state index is 13.2. The molecule has 19 heteroatoms. The minimum absolute atomic E-state index is 0.107. The quantitative estimate of drug-likeness (QED) is 0.0222. The van der Waals surface area contributed by atoms with Gasteiger partial charge in [0.25, 0.3) is 0 Å². The molecule has 648 valence electrons. The summed E-state index contributed by atoms with van der Waals surface area (Å²) in [6.07, 6.45) is 69.5. The number of aliphatic hydroxyl groups excluding tert-OH is 1. The van der Waals surface area contributed by atoms with Crippen molar-refractivity contribution in [3.63, 3.8) is 0 Å². The Hall–Kier alpha value is -1.94. The summed E-state index contributed by atoms with van der Waals surface area (Å²) in [4.78, 5) is 73.3. The molecule has 17 nitrogen and oxygen atoms in total. The topological polar surface area (TPSA) is 237 Å². The molecule has 0 aromatic carbocycles. The molecule has 0 heterocycles. The maximum Gasteiger partial charge on any atom is 0.472 e. The van der Waals surface area contributed by atoms with Gasteiger partial charge in [0.05, 0.1) is 26.4 Å². The van der Waals surface area contributed by atoms with Crippen molar-refractivity contribution in [2.75, 3.05) is 39.6 Å². The van der Waals surface area contributed by atoms with Gasteiger partial charge in [0.2, 0.25) is 0 Å². The molecular formula is C90H176O17P2. The number of hydrogen-bond acceptors (Lipinski definition) is 15. The van der Waals surface area contributed by atoms with E-state index in [2.05, 4.69) is 55.4 Å². The highest BCUT2D eigenvalue weighted by Crippen LogP contribution is 2.45. The van der Waals surface area contributed by atoms with Crippen molar-refractivity contribution in [1.82, 2.24) is 0 Å². The molecule has 0 fully saturated rings. The van der Waals surface area contributed by atoms with E-state index in [1.165, 1.54) is 270 Å². The summed E-state index contributed by atoms with van der Waals surface area (Å²) in [5, 5.41) is 10.7. The lowest BCUT2D eigenvalue weighted by atomic mass is 9.99. The Morgan fingerprint density at radius 1 is 0.257 bits per heavy atom. The molecule has 0 rings (SSSR count). The summed E-state index contributed by atoms with van der Waals surface area (Å²) >= 11 is 0. The maximum atomic E-state index is 13.2. The lowest BCUT2D eigenvalue weighted by molar-refractivity contribution is -0.161. The lowest BCUT2D eigenvalue weighted by Crippen LogP contribution is -2.30. The highest BCUT2D eigenvalue weighted by atomic mass is 31.2. The first-order valence-electron chi connectivity index (χ1n) is 46.3. The van der Waals surface area contributed by atoms with E-state index in [1.54, 1.807) is 0 Å². The second-order valence-corrected chi connectivity index (χ2v) is 36.7. The number of phosphoric acid groups is 2. The molecule has 109 heavy (non-hydrogen) atoms. The Balaban J connectivity index is 5.23. The van der Waals surface area contributed by atoms with Crippen molar-refractivity contribution in [3.05, 3.63) is 0 Å². The van der Waals surface area contributed by atoms with E-state index in [1.807, 2.05) is 0 Å². The number of aliphatic hydroxyl groups is 1. The third-order valence-electron chi connectivity index (χ3n) is 21.8. The molecule has 7 atom stereocenters. The first kappa shape index (κ1) is 107. The van der Waals surface area contributed by atoms with Crippen LogP contribution in [-0.2, 0) is 65.4 Å². The summed E-state index contributed by atoms with van der Waals surface area (Å²) in [6, 6.07) is 0. The fourth-order valence-corrected chi connectivity index (χ4v) is 15.5. The van der Waals surface area contributed by atoms with Gasteiger partial charge in [-0.05, 0) is 49.4 Å². The van der Waals surface area contributed by atoms with Crippen LogP contribution in [0, 0.1) is 23.7 Å². The van der Waals surface area contributed by atoms with Crippen molar-refractivity contribution in [2.24, 2.45) is 23.7 Å². The average Bonchev–Trinajstić information content (AvgIpc) is 0.895. The van der Waals surface area contributed by atoms with Crippen molar-refractivity contribution in [3.8, 4) is 0 Å². The third kappa shape index (κ3) is 81.0. The van der Waals surface area contributed by atoms with Crippen molar-refractivity contribution < 1.29 is 80.2 Å². The van der Waals surface area contributed by atoms with Gasteiger partial charge < -0.3 is 33.8 Å². The van der Waals surface area contributed by atoms with Crippen LogP contribution in [0.5, 0.6) is 0 Å². The number of unbranched alkanes of at least 4 members (excludes halogenated alkanes) is 51. The smallest absolute Gasteiger partial charge is 0.462 e. The summed E-state index contributed by atoms with van der Waals surface area (Å²) < 4.78 is 69.0. The second-order valence-electron chi connectivity index (χ2n) is 33.8. The van der Waals surface area contributed by atoms with E-state index >= 15 is 0 Å². The molecule has 0 aromatic heterocycles. The van der Waals surface area contributed by atoms with Gasteiger partial charge in [-0.15, -0.1) is 0 Å². The summed E-state index contributed by atoms with van der Waals surface area (Å²) in [7, 11) is -9.94. The van der Waals surface area contributed by atoms with Crippen LogP contribution in [-0.4, -0.2) is 96.7 Å². The highest BCUT2D eigenvalue weighted by Gasteiger charge is 2.31. The van der Waals surface area contributed by atoms with E-state index < -0.39 is 97.5 Å². The van der Waals surface area contributed by atoms with Crippen LogP contribution in [0.4, 0.5) is 0 Å². The van der Waals surface area contributed by atoms with Gasteiger partial charge in [-0.25, -0.2) is 9.13 Å². The molecular weight excluding hydrogens is 1410 g/mol. The molecule has 0 saturated heterocycles. The number of phosphoric ester groups is 2. The molecule has 0 aromatic rings. The molecule has 0 aliphatic heterocycles. The van der Waals surface area contributed by atoms with Crippen LogP contribution in [0.3, 0.4) is 0 Å². The zero-order valence-electron chi connectivity index (χ0n) is 72.2. The first-order chi connectivity index (χ1) is 52.7.